The molecule has 34 heavy (non-hydrogen) atoms. The first kappa shape index (κ1) is 23.5. The molecule has 1 aromatic carbocycles. The normalized spacial score (nSPS) is 31.1. The molecule has 6 rings (SSSR count). The first-order valence-corrected chi connectivity index (χ1v) is 11.5. The number of hydrogen-bond donors (Lipinski definition) is 1. The lowest BCUT2D eigenvalue weighted by molar-refractivity contribution is -0.163. The van der Waals surface area contributed by atoms with Gasteiger partial charge in [0.2, 0.25) is 0 Å². The minimum Gasteiger partial charge on any atom is -0.484 e. The predicted molar refractivity (Wildman–Crippen MR) is 112 cm³/mol. The fraction of sp³-hybridized carbons (Fsp3) is 0.636. The Morgan fingerprint density at radius 1 is 1.21 bits per heavy atom. The van der Waals surface area contributed by atoms with Crippen LogP contribution < -0.4 is 10.1 Å². The second-order valence-electron chi connectivity index (χ2n) is 9.74. The van der Waals surface area contributed by atoms with Gasteiger partial charge in [-0.15, -0.1) is 0 Å². The van der Waals surface area contributed by atoms with Crippen molar-refractivity contribution in [3.05, 3.63) is 29.0 Å². The number of nitrogens with zero attached hydrogens (tertiary/aromatic N) is 2. The van der Waals surface area contributed by atoms with Crippen LogP contribution in [0, 0.1) is 17.7 Å². The second-order valence-corrected chi connectivity index (χ2v) is 10.1. The zero-order valence-electron chi connectivity index (χ0n) is 18.1. The highest BCUT2D eigenvalue weighted by molar-refractivity contribution is 6.30. The number of alkyl halides is 3. The zero-order valence-corrected chi connectivity index (χ0v) is 18.9. The summed E-state index contributed by atoms with van der Waals surface area (Å²) in [6.07, 6.45) is -3.00. The minimum absolute atomic E-state index is 0.0357. The second kappa shape index (κ2) is 8.44. The molecule has 2 bridgehead atoms. The Kier molecular flexibility index (Phi) is 5.83. The van der Waals surface area contributed by atoms with Crippen molar-refractivity contribution in [3.63, 3.8) is 0 Å². The summed E-state index contributed by atoms with van der Waals surface area (Å²) in [6.45, 7) is -0.338. The molecule has 2 amide bonds. The maximum atomic E-state index is 13.5. The molecule has 0 spiro atoms. The fourth-order valence-corrected chi connectivity index (χ4v) is 5.87. The van der Waals surface area contributed by atoms with Crippen molar-refractivity contribution in [1.29, 1.82) is 0 Å². The molecule has 2 atom stereocenters. The third-order valence-corrected chi connectivity index (χ3v) is 7.69. The molecule has 1 aromatic rings. The summed E-state index contributed by atoms with van der Waals surface area (Å²) in [5.74, 6) is -0.655. The third-order valence-electron chi connectivity index (χ3n) is 7.38. The Balaban J connectivity index is 1.09. The molecule has 12 heteroatoms. The Morgan fingerprint density at radius 3 is 2.62 bits per heavy atom. The van der Waals surface area contributed by atoms with Crippen LogP contribution in [0.25, 0.3) is 0 Å². The standard InChI is InChI=1S/C22H24ClF4N3O4/c23-15-2-1-14(3-16(15)24)33-10-19(31)28-17-6-21(4-12(17)5-21)30-9-18(34-20(30)32)13-7-29(8-13)11-22(25,26)27/h1-3,12-13,17-18H,4-11H2,(H,28,31)/t12?,17-,18-,21?/m0/s1. The average Bonchev–Trinajstić information content (AvgIpc) is 3.35. The molecule has 3 saturated carbocycles. The number of nitrogens with one attached hydrogen (secondary N) is 1. The molecular weight excluding hydrogens is 482 g/mol. The molecule has 2 aliphatic heterocycles. The van der Waals surface area contributed by atoms with Gasteiger partial charge in [-0.05, 0) is 37.3 Å². The van der Waals surface area contributed by atoms with Crippen LogP contribution in [0.1, 0.15) is 19.3 Å². The molecule has 0 unspecified atom stereocenters. The van der Waals surface area contributed by atoms with Crippen molar-refractivity contribution in [3.8, 4) is 5.75 Å². The van der Waals surface area contributed by atoms with E-state index in [9.17, 15) is 27.2 Å². The summed E-state index contributed by atoms with van der Waals surface area (Å²) in [5.41, 5.74) is -0.385. The molecule has 0 radical (unpaired) electrons. The number of ether oxygens (including phenoxy) is 2. The Hall–Kier alpha value is -2.27. The van der Waals surface area contributed by atoms with E-state index in [4.69, 9.17) is 21.1 Å². The molecule has 5 aliphatic rings. The fourth-order valence-electron chi connectivity index (χ4n) is 5.75. The molecule has 186 valence electrons. The summed E-state index contributed by atoms with van der Waals surface area (Å²) < 4.78 is 61.9. The number of rotatable bonds is 7. The van der Waals surface area contributed by atoms with Crippen molar-refractivity contribution in [2.24, 2.45) is 11.8 Å². The highest BCUT2D eigenvalue weighted by atomic mass is 35.5. The average molecular weight is 506 g/mol. The highest BCUT2D eigenvalue weighted by Crippen LogP contribution is 2.56. The van der Waals surface area contributed by atoms with Crippen molar-refractivity contribution < 1.29 is 36.6 Å². The highest BCUT2D eigenvalue weighted by Gasteiger charge is 2.63. The number of amides is 2. The first-order chi connectivity index (χ1) is 16.0. The molecule has 0 aromatic heterocycles. The lowest BCUT2D eigenvalue weighted by atomic mass is 9.75. The van der Waals surface area contributed by atoms with Gasteiger partial charge in [0.15, 0.2) is 6.61 Å². The summed E-state index contributed by atoms with van der Waals surface area (Å²) in [4.78, 5) is 27.9. The quantitative estimate of drug-likeness (QED) is 0.576. The Morgan fingerprint density at radius 2 is 1.94 bits per heavy atom. The largest absolute Gasteiger partial charge is 0.484 e. The van der Waals surface area contributed by atoms with Crippen LogP contribution in [-0.2, 0) is 9.53 Å². The van der Waals surface area contributed by atoms with E-state index in [-0.39, 0.29) is 59.8 Å². The van der Waals surface area contributed by atoms with Gasteiger partial charge in [-0.2, -0.15) is 13.2 Å². The van der Waals surface area contributed by atoms with Gasteiger partial charge < -0.3 is 14.8 Å². The number of cyclic esters (lactones) is 1. The summed E-state index contributed by atoms with van der Waals surface area (Å²) >= 11 is 5.63. The van der Waals surface area contributed by atoms with Gasteiger partial charge in [0.25, 0.3) is 5.91 Å². The van der Waals surface area contributed by atoms with Crippen molar-refractivity contribution >= 4 is 23.6 Å². The number of fused-ring (bicyclic) bond motifs is 1. The lowest BCUT2D eigenvalue weighted by Gasteiger charge is -2.45. The zero-order chi connectivity index (χ0) is 24.3. The van der Waals surface area contributed by atoms with Crippen LogP contribution in [0.5, 0.6) is 5.75 Å². The maximum Gasteiger partial charge on any atom is 0.410 e. The van der Waals surface area contributed by atoms with Crippen molar-refractivity contribution in [1.82, 2.24) is 15.1 Å². The van der Waals surface area contributed by atoms with Crippen molar-refractivity contribution in [2.75, 3.05) is 32.8 Å². The van der Waals surface area contributed by atoms with E-state index in [1.165, 1.54) is 17.0 Å². The number of carbonyl (C=O) groups excluding carboxylic acids is 2. The van der Waals surface area contributed by atoms with E-state index in [2.05, 4.69) is 5.32 Å². The van der Waals surface area contributed by atoms with Gasteiger partial charge in [-0.3, -0.25) is 14.6 Å². The number of carbonyl (C=O) groups is 2. The summed E-state index contributed by atoms with van der Waals surface area (Å²) in [7, 11) is 0. The number of halogens is 5. The van der Waals surface area contributed by atoms with Gasteiger partial charge in [0.05, 0.1) is 18.1 Å². The summed E-state index contributed by atoms with van der Waals surface area (Å²) in [6, 6.07) is 3.81. The van der Waals surface area contributed by atoms with Crippen LogP contribution in [0.3, 0.4) is 0 Å². The molecular formula is C22H24ClF4N3O4. The molecule has 5 fully saturated rings. The van der Waals surface area contributed by atoms with E-state index in [0.717, 1.165) is 18.9 Å². The van der Waals surface area contributed by atoms with E-state index >= 15 is 0 Å². The number of benzene rings is 1. The van der Waals surface area contributed by atoms with Crippen LogP contribution in [0.15, 0.2) is 18.2 Å². The van der Waals surface area contributed by atoms with E-state index in [1.54, 1.807) is 4.90 Å². The molecule has 2 saturated heterocycles. The Labute approximate surface area is 198 Å². The van der Waals surface area contributed by atoms with Crippen LogP contribution in [0.4, 0.5) is 22.4 Å². The lowest BCUT2D eigenvalue weighted by Crippen LogP contribution is -2.56. The van der Waals surface area contributed by atoms with Gasteiger partial charge in [-0.25, -0.2) is 9.18 Å². The van der Waals surface area contributed by atoms with Crippen molar-refractivity contribution in [2.45, 2.75) is 43.1 Å². The minimum atomic E-state index is -4.23. The SMILES string of the molecule is O=C(COc1ccc(Cl)c(F)c1)N[C@H]1CC2(N3C[C@@H](C4CN(CC(F)(F)F)C4)OC3=O)CC1C2. The predicted octanol–water partition coefficient (Wildman–Crippen LogP) is 3.21. The number of hydrogen-bond acceptors (Lipinski definition) is 5. The van der Waals surface area contributed by atoms with Crippen LogP contribution in [-0.4, -0.2) is 78.4 Å². The van der Waals surface area contributed by atoms with E-state index in [1.807, 2.05) is 0 Å². The van der Waals surface area contributed by atoms with Gasteiger partial charge >= 0.3 is 12.3 Å². The molecule has 1 N–H and O–H groups in total. The topological polar surface area (TPSA) is 71.1 Å². The van der Waals surface area contributed by atoms with Gasteiger partial charge in [0.1, 0.15) is 17.7 Å². The van der Waals surface area contributed by atoms with Crippen LogP contribution in [0.2, 0.25) is 5.02 Å². The Bertz CT molecular complexity index is 981. The first-order valence-electron chi connectivity index (χ1n) is 11.2. The monoisotopic (exact) mass is 505 g/mol. The molecule has 2 heterocycles. The molecule has 3 aliphatic carbocycles. The van der Waals surface area contributed by atoms with Gasteiger partial charge in [0, 0.05) is 36.7 Å². The summed E-state index contributed by atoms with van der Waals surface area (Å²) in [5, 5.41) is 2.90. The van der Waals surface area contributed by atoms with Crippen LogP contribution >= 0.6 is 11.6 Å². The van der Waals surface area contributed by atoms with E-state index in [0.29, 0.717) is 13.0 Å². The smallest absolute Gasteiger partial charge is 0.410 e. The molecule has 7 nitrogen and oxygen atoms in total. The van der Waals surface area contributed by atoms with E-state index < -0.39 is 30.7 Å². The van der Waals surface area contributed by atoms with Gasteiger partial charge in [-0.1, -0.05) is 11.6 Å². The maximum absolute atomic E-state index is 13.5. The third kappa shape index (κ3) is 4.51. The number of likely N-dealkylation sites (tertiary alicyclic amines) is 1.